The maximum Gasteiger partial charge on any atom is 0.451 e. The van der Waals surface area contributed by atoms with Crippen molar-refractivity contribution in [1.82, 2.24) is 9.97 Å². The lowest BCUT2D eigenvalue weighted by Gasteiger charge is -2.15. The summed E-state index contributed by atoms with van der Waals surface area (Å²) in [4.78, 5) is 6.72. The average Bonchev–Trinajstić information content (AvgIpc) is 2.34. The molecule has 5 nitrogen and oxygen atoms in total. The van der Waals surface area contributed by atoms with Gasteiger partial charge in [0.05, 0.1) is 0 Å². The van der Waals surface area contributed by atoms with Crippen molar-refractivity contribution in [1.29, 1.82) is 0 Å². The second-order valence-corrected chi connectivity index (χ2v) is 5.13. The monoisotopic (exact) mass is 295 g/mol. The normalized spacial score (nSPS) is 13.2. The zero-order chi connectivity index (χ0) is 14.5. The number of nitrogens with zero attached hydrogens (tertiary/aromatic N) is 2. The highest BCUT2D eigenvalue weighted by Gasteiger charge is 2.35. The molecule has 0 fully saturated rings. The fourth-order valence-electron chi connectivity index (χ4n) is 1.31. The van der Waals surface area contributed by atoms with E-state index in [9.17, 15) is 13.2 Å². The van der Waals surface area contributed by atoms with Gasteiger partial charge in [-0.25, -0.2) is 15.8 Å². The van der Waals surface area contributed by atoms with Crippen LogP contribution in [-0.2, 0) is 6.18 Å². The maximum atomic E-state index is 12.6. The summed E-state index contributed by atoms with van der Waals surface area (Å²) < 4.78 is 37.8. The molecule has 0 aromatic carbocycles. The van der Waals surface area contributed by atoms with Gasteiger partial charge in [0.25, 0.3) is 0 Å². The van der Waals surface area contributed by atoms with Gasteiger partial charge in [-0.1, -0.05) is 6.92 Å². The van der Waals surface area contributed by atoms with Gasteiger partial charge < -0.3 is 10.7 Å². The number of halogens is 3. The molecule has 1 aromatic heterocycles. The molecule has 1 atom stereocenters. The van der Waals surface area contributed by atoms with E-state index in [1.54, 1.807) is 11.8 Å². The Morgan fingerprint density at radius 1 is 1.37 bits per heavy atom. The summed E-state index contributed by atoms with van der Waals surface area (Å²) in [6.45, 7) is 3.88. The number of rotatable bonds is 6. The molecular weight excluding hydrogens is 279 g/mol. The Hall–Kier alpha value is -1.22. The molecule has 0 saturated heterocycles. The zero-order valence-electron chi connectivity index (χ0n) is 10.6. The predicted octanol–water partition coefficient (Wildman–Crippen LogP) is 2.33. The highest BCUT2D eigenvalue weighted by Crippen LogP contribution is 2.28. The first-order chi connectivity index (χ1) is 8.86. The SMILES string of the molecule is CCSCC(C)Nc1cc(NN)nc(C(F)(F)F)n1. The number of nitrogen functional groups attached to an aromatic ring is 1. The van der Waals surface area contributed by atoms with E-state index in [-0.39, 0.29) is 17.7 Å². The molecule has 4 N–H and O–H groups in total. The first-order valence-corrected chi connectivity index (χ1v) is 6.79. The standard InChI is InChI=1S/C10H16F3N5S/c1-3-19-5-6(2)15-7-4-8(18-14)17-9(16-7)10(11,12)13/h4,6H,3,5,14H2,1-2H3,(H2,15,16,17,18). The van der Waals surface area contributed by atoms with Crippen molar-refractivity contribution in [3.05, 3.63) is 11.9 Å². The number of hydrogen-bond acceptors (Lipinski definition) is 6. The molecule has 0 radical (unpaired) electrons. The van der Waals surface area contributed by atoms with E-state index in [1.807, 2.05) is 13.8 Å². The van der Waals surface area contributed by atoms with Crippen LogP contribution in [0, 0.1) is 0 Å². The molecule has 1 unspecified atom stereocenters. The van der Waals surface area contributed by atoms with Crippen LogP contribution in [0.25, 0.3) is 0 Å². The Labute approximate surface area is 113 Å². The molecule has 0 bridgehead atoms. The predicted molar refractivity (Wildman–Crippen MR) is 70.9 cm³/mol. The molecular formula is C10H16F3N5S. The fourth-order valence-corrected chi connectivity index (χ4v) is 1.98. The zero-order valence-corrected chi connectivity index (χ0v) is 11.4. The van der Waals surface area contributed by atoms with Crippen LogP contribution in [-0.4, -0.2) is 27.5 Å². The Balaban J connectivity index is 2.88. The van der Waals surface area contributed by atoms with E-state index in [0.717, 1.165) is 11.5 Å². The fraction of sp³-hybridized carbons (Fsp3) is 0.600. The quantitative estimate of drug-likeness (QED) is 0.552. The summed E-state index contributed by atoms with van der Waals surface area (Å²) in [5.41, 5.74) is 2.10. The molecule has 0 aliphatic heterocycles. The van der Waals surface area contributed by atoms with Crippen molar-refractivity contribution < 1.29 is 13.2 Å². The number of hydrazine groups is 1. The molecule has 1 aromatic rings. The van der Waals surface area contributed by atoms with E-state index in [4.69, 9.17) is 5.84 Å². The third-order valence-corrected chi connectivity index (χ3v) is 3.24. The number of anilines is 2. The topological polar surface area (TPSA) is 75.9 Å². The van der Waals surface area contributed by atoms with Crippen molar-refractivity contribution in [2.75, 3.05) is 22.2 Å². The van der Waals surface area contributed by atoms with E-state index in [1.165, 1.54) is 6.07 Å². The van der Waals surface area contributed by atoms with Crippen molar-refractivity contribution >= 4 is 23.4 Å². The van der Waals surface area contributed by atoms with Crippen molar-refractivity contribution in [2.45, 2.75) is 26.1 Å². The van der Waals surface area contributed by atoms with Gasteiger partial charge in [-0.3, -0.25) is 0 Å². The van der Waals surface area contributed by atoms with Crippen LogP contribution < -0.4 is 16.6 Å². The smallest absolute Gasteiger partial charge is 0.367 e. The summed E-state index contributed by atoms with van der Waals surface area (Å²) in [6.07, 6.45) is -4.61. The van der Waals surface area contributed by atoms with Crippen LogP contribution in [0.4, 0.5) is 24.8 Å². The summed E-state index contributed by atoms with van der Waals surface area (Å²) in [7, 11) is 0. The Bertz CT molecular complexity index is 413. The summed E-state index contributed by atoms with van der Waals surface area (Å²) in [6, 6.07) is 1.33. The number of hydrogen-bond donors (Lipinski definition) is 3. The molecule has 9 heteroatoms. The largest absolute Gasteiger partial charge is 0.451 e. The van der Waals surface area contributed by atoms with Gasteiger partial charge in [0.2, 0.25) is 5.82 Å². The van der Waals surface area contributed by atoms with Gasteiger partial charge in [0.15, 0.2) is 0 Å². The summed E-state index contributed by atoms with van der Waals surface area (Å²) in [5.74, 6) is 5.61. The van der Waals surface area contributed by atoms with Gasteiger partial charge in [-0.15, -0.1) is 0 Å². The molecule has 0 aliphatic rings. The maximum absolute atomic E-state index is 12.6. The van der Waals surface area contributed by atoms with E-state index in [2.05, 4.69) is 20.7 Å². The highest BCUT2D eigenvalue weighted by atomic mass is 32.2. The number of alkyl halides is 3. The van der Waals surface area contributed by atoms with Crippen LogP contribution in [0.3, 0.4) is 0 Å². The van der Waals surface area contributed by atoms with Crippen LogP contribution >= 0.6 is 11.8 Å². The van der Waals surface area contributed by atoms with Gasteiger partial charge in [-0.2, -0.15) is 24.9 Å². The Morgan fingerprint density at radius 3 is 2.53 bits per heavy atom. The second-order valence-electron chi connectivity index (χ2n) is 3.81. The minimum atomic E-state index is -4.61. The average molecular weight is 295 g/mol. The van der Waals surface area contributed by atoms with Crippen molar-refractivity contribution in [2.24, 2.45) is 5.84 Å². The number of nitrogens with two attached hydrogens (primary N) is 1. The third-order valence-electron chi connectivity index (χ3n) is 2.09. The first-order valence-electron chi connectivity index (χ1n) is 5.64. The lowest BCUT2D eigenvalue weighted by atomic mass is 10.3. The molecule has 1 heterocycles. The van der Waals surface area contributed by atoms with E-state index < -0.39 is 12.0 Å². The number of aromatic nitrogens is 2. The molecule has 0 spiro atoms. The molecule has 1 rings (SSSR count). The molecule has 19 heavy (non-hydrogen) atoms. The van der Waals surface area contributed by atoms with Gasteiger partial charge >= 0.3 is 6.18 Å². The van der Waals surface area contributed by atoms with Crippen molar-refractivity contribution in [3.63, 3.8) is 0 Å². The minimum Gasteiger partial charge on any atom is -0.367 e. The molecule has 0 aliphatic carbocycles. The third kappa shape index (κ3) is 5.11. The summed E-state index contributed by atoms with van der Waals surface area (Å²) >= 11 is 1.69. The lowest BCUT2D eigenvalue weighted by molar-refractivity contribution is -0.144. The van der Waals surface area contributed by atoms with E-state index >= 15 is 0 Å². The second kappa shape index (κ2) is 6.80. The number of nitrogens with one attached hydrogen (secondary N) is 2. The molecule has 0 amide bonds. The van der Waals surface area contributed by atoms with Crippen LogP contribution in [0.15, 0.2) is 6.07 Å². The minimum absolute atomic E-state index is 0.00782. The number of thioether (sulfide) groups is 1. The molecule has 0 saturated carbocycles. The highest BCUT2D eigenvalue weighted by molar-refractivity contribution is 7.99. The van der Waals surface area contributed by atoms with Gasteiger partial charge in [-0.05, 0) is 12.7 Å². The molecule has 108 valence electrons. The lowest BCUT2D eigenvalue weighted by Crippen LogP contribution is -2.22. The van der Waals surface area contributed by atoms with Crippen LogP contribution in [0.5, 0.6) is 0 Å². The first kappa shape index (κ1) is 15.8. The van der Waals surface area contributed by atoms with Gasteiger partial charge in [0.1, 0.15) is 11.6 Å². The summed E-state index contributed by atoms with van der Waals surface area (Å²) in [5, 5.41) is 2.90. The Morgan fingerprint density at radius 2 is 2.00 bits per heavy atom. The van der Waals surface area contributed by atoms with Crippen LogP contribution in [0.2, 0.25) is 0 Å². The van der Waals surface area contributed by atoms with E-state index in [0.29, 0.717) is 0 Å². The Kier molecular flexibility index (Phi) is 5.67. The van der Waals surface area contributed by atoms with Gasteiger partial charge in [0, 0.05) is 17.9 Å². The van der Waals surface area contributed by atoms with Crippen LogP contribution in [0.1, 0.15) is 19.7 Å². The van der Waals surface area contributed by atoms with Crippen molar-refractivity contribution in [3.8, 4) is 0 Å².